The first kappa shape index (κ1) is 14.8. The summed E-state index contributed by atoms with van der Waals surface area (Å²) in [5.41, 5.74) is 6.95. The van der Waals surface area contributed by atoms with E-state index in [1.54, 1.807) is 36.4 Å². The molecule has 4 nitrogen and oxygen atoms in total. The summed E-state index contributed by atoms with van der Waals surface area (Å²) in [6.07, 6.45) is 0. The van der Waals surface area contributed by atoms with Crippen LogP contribution in [0.2, 0.25) is 15.1 Å². The molecule has 0 bridgehead atoms. The Balaban J connectivity index is 2.13. The molecule has 0 saturated carbocycles. The van der Waals surface area contributed by atoms with E-state index in [0.717, 1.165) is 0 Å². The van der Waals surface area contributed by atoms with Crippen molar-refractivity contribution in [2.45, 2.75) is 0 Å². The third-order valence-corrected chi connectivity index (χ3v) is 3.24. The number of halogens is 3. The molecule has 0 aliphatic carbocycles. The Labute approximate surface area is 130 Å². The van der Waals surface area contributed by atoms with Gasteiger partial charge < -0.3 is 16.4 Å². The number of anilines is 3. The molecule has 2 amide bonds. The molecule has 0 fully saturated rings. The number of rotatable bonds is 2. The van der Waals surface area contributed by atoms with Crippen LogP contribution in [0.3, 0.4) is 0 Å². The lowest BCUT2D eigenvalue weighted by molar-refractivity contribution is 0.262. The fraction of sp³-hybridized carbons (Fsp3) is 0. The second-order valence-corrected chi connectivity index (χ2v) is 5.21. The Morgan fingerprint density at radius 1 is 0.900 bits per heavy atom. The van der Waals surface area contributed by atoms with Gasteiger partial charge in [-0.3, -0.25) is 0 Å². The largest absolute Gasteiger partial charge is 0.397 e. The lowest BCUT2D eigenvalue weighted by Crippen LogP contribution is -2.20. The zero-order valence-corrected chi connectivity index (χ0v) is 12.4. The molecular weight excluding hydrogens is 321 g/mol. The molecule has 0 spiro atoms. The maximum atomic E-state index is 11.9. The first-order chi connectivity index (χ1) is 9.45. The Bertz CT molecular complexity index is 606. The van der Waals surface area contributed by atoms with E-state index in [1.807, 2.05) is 0 Å². The predicted molar refractivity (Wildman–Crippen MR) is 85.0 cm³/mol. The number of nitrogens with one attached hydrogen (secondary N) is 2. The molecule has 2 rings (SSSR count). The van der Waals surface area contributed by atoms with Crippen molar-refractivity contribution in [3.05, 3.63) is 51.5 Å². The average Bonchev–Trinajstić information content (AvgIpc) is 2.38. The van der Waals surface area contributed by atoms with Crippen LogP contribution in [0, 0.1) is 0 Å². The van der Waals surface area contributed by atoms with Crippen LogP contribution in [0.25, 0.3) is 0 Å². The van der Waals surface area contributed by atoms with E-state index in [9.17, 15) is 4.79 Å². The Hall–Kier alpha value is -1.62. The van der Waals surface area contributed by atoms with Gasteiger partial charge in [0.05, 0.1) is 22.1 Å². The van der Waals surface area contributed by atoms with Crippen molar-refractivity contribution in [1.82, 2.24) is 0 Å². The first-order valence-corrected chi connectivity index (χ1v) is 6.67. The quantitative estimate of drug-likeness (QED) is 0.687. The molecule has 2 aromatic carbocycles. The van der Waals surface area contributed by atoms with Crippen LogP contribution < -0.4 is 16.4 Å². The second kappa shape index (κ2) is 6.22. The van der Waals surface area contributed by atoms with Crippen LogP contribution in [-0.2, 0) is 0 Å². The molecule has 0 saturated heterocycles. The average molecular weight is 331 g/mol. The van der Waals surface area contributed by atoms with E-state index in [0.29, 0.717) is 32.1 Å². The van der Waals surface area contributed by atoms with Crippen molar-refractivity contribution >= 4 is 57.9 Å². The van der Waals surface area contributed by atoms with Crippen LogP contribution in [0.5, 0.6) is 0 Å². The van der Waals surface area contributed by atoms with E-state index >= 15 is 0 Å². The maximum absolute atomic E-state index is 11.9. The molecule has 0 radical (unpaired) electrons. The Morgan fingerprint density at radius 2 is 1.45 bits per heavy atom. The van der Waals surface area contributed by atoms with Gasteiger partial charge in [0.15, 0.2) is 0 Å². The van der Waals surface area contributed by atoms with Gasteiger partial charge in [-0.2, -0.15) is 0 Å². The minimum Gasteiger partial charge on any atom is -0.397 e. The lowest BCUT2D eigenvalue weighted by Gasteiger charge is -2.11. The minimum atomic E-state index is -0.497. The number of nitrogens with two attached hydrogens (primary N) is 1. The zero-order chi connectivity index (χ0) is 14.7. The molecule has 0 aliphatic rings. The molecule has 0 aliphatic heterocycles. The normalized spacial score (nSPS) is 10.2. The number of nitrogen functional groups attached to an aromatic ring is 1. The van der Waals surface area contributed by atoms with Crippen LogP contribution in [0.1, 0.15) is 0 Å². The van der Waals surface area contributed by atoms with Gasteiger partial charge in [-0.05, 0) is 36.4 Å². The van der Waals surface area contributed by atoms with Crippen LogP contribution in [-0.4, -0.2) is 6.03 Å². The summed E-state index contributed by atoms with van der Waals surface area (Å²) in [7, 11) is 0. The summed E-state index contributed by atoms with van der Waals surface area (Å²) in [6.45, 7) is 0. The molecule has 7 heteroatoms. The van der Waals surface area contributed by atoms with Gasteiger partial charge in [-0.1, -0.05) is 34.8 Å². The van der Waals surface area contributed by atoms with Crippen molar-refractivity contribution in [2.24, 2.45) is 0 Å². The molecule has 0 aromatic heterocycles. The van der Waals surface area contributed by atoms with Crippen molar-refractivity contribution in [1.29, 1.82) is 0 Å². The van der Waals surface area contributed by atoms with Gasteiger partial charge >= 0.3 is 6.03 Å². The van der Waals surface area contributed by atoms with E-state index in [2.05, 4.69) is 10.6 Å². The number of benzene rings is 2. The highest BCUT2D eigenvalue weighted by Crippen LogP contribution is 2.26. The number of hydrogen-bond donors (Lipinski definition) is 3. The molecule has 0 atom stereocenters. The zero-order valence-electron chi connectivity index (χ0n) is 10.1. The van der Waals surface area contributed by atoms with Crippen molar-refractivity contribution in [3.63, 3.8) is 0 Å². The number of carbonyl (C=O) groups is 1. The van der Waals surface area contributed by atoms with E-state index in [4.69, 9.17) is 40.5 Å². The fourth-order valence-corrected chi connectivity index (χ4v) is 2.01. The highest BCUT2D eigenvalue weighted by Gasteiger charge is 2.08. The first-order valence-electron chi connectivity index (χ1n) is 5.54. The topological polar surface area (TPSA) is 67.1 Å². The fourth-order valence-electron chi connectivity index (χ4n) is 1.51. The number of carbonyl (C=O) groups excluding carboxylic acids is 1. The number of urea groups is 1. The van der Waals surface area contributed by atoms with Gasteiger partial charge in [0.2, 0.25) is 0 Å². The van der Waals surface area contributed by atoms with Crippen LogP contribution >= 0.6 is 34.8 Å². The summed E-state index contributed by atoms with van der Waals surface area (Å²) in [5.74, 6) is 0. The second-order valence-electron chi connectivity index (χ2n) is 3.93. The highest BCUT2D eigenvalue weighted by molar-refractivity contribution is 6.35. The van der Waals surface area contributed by atoms with Crippen molar-refractivity contribution in [3.8, 4) is 0 Å². The Kier molecular flexibility index (Phi) is 4.60. The Morgan fingerprint density at radius 3 is 2.15 bits per heavy atom. The van der Waals surface area contributed by atoms with Crippen LogP contribution in [0.15, 0.2) is 36.4 Å². The minimum absolute atomic E-state index is 0.378. The third kappa shape index (κ3) is 3.70. The van der Waals surface area contributed by atoms with Gasteiger partial charge in [0, 0.05) is 10.0 Å². The monoisotopic (exact) mass is 329 g/mol. The standard InChI is InChI=1S/C13H10Cl3N3O/c14-7-1-3-9(16)11(5-7)18-13(20)19-12-6-8(15)2-4-10(12)17/h1-6H,17H2,(H2,18,19,20). The summed E-state index contributed by atoms with van der Waals surface area (Å²) in [6, 6.07) is 9.05. The third-order valence-electron chi connectivity index (χ3n) is 2.44. The summed E-state index contributed by atoms with van der Waals surface area (Å²) in [4.78, 5) is 11.9. The van der Waals surface area contributed by atoms with Gasteiger partial charge in [-0.15, -0.1) is 0 Å². The molecule has 104 valence electrons. The van der Waals surface area contributed by atoms with E-state index < -0.39 is 6.03 Å². The maximum Gasteiger partial charge on any atom is 0.323 e. The molecule has 4 N–H and O–H groups in total. The molecule has 20 heavy (non-hydrogen) atoms. The van der Waals surface area contributed by atoms with E-state index in [-0.39, 0.29) is 0 Å². The SMILES string of the molecule is Nc1ccc(Cl)cc1NC(=O)Nc1cc(Cl)ccc1Cl. The summed E-state index contributed by atoms with van der Waals surface area (Å²) < 4.78 is 0. The van der Waals surface area contributed by atoms with Gasteiger partial charge in [0.1, 0.15) is 0 Å². The molecular formula is C13H10Cl3N3O. The van der Waals surface area contributed by atoms with Gasteiger partial charge in [0.25, 0.3) is 0 Å². The molecule has 0 heterocycles. The number of amides is 2. The van der Waals surface area contributed by atoms with Crippen molar-refractivity contribution < 1.29 is 4.79 Å². The smallest absolute Gasteiger partial charge is 0.323 e. The van der Waals surface area contributed by atoms with Gasteiger partial charge in [-0.25, -0.2) is 4.79 Å². The van der Waals surface area contributed by atoms with Crippen LogP contribution in [0.4, 0.5) is 21.9 Å². The highest BCUT2D eigenvalue weighted by atomic mass is 35.5. The predicted octanol–water partition coefficient (Wildman–Crippen LogP) is 4.87. The molecule has 2 aromatic rings. The van der Waals surface area contributed by atoms with Crippen molar-refractivity contribution in [2.75, 3.05) is 16.4 Å². The number of hydrogen-bond acceptors (Lipinski definition) is 2. The lowest BCUT2D eigenvalue weighted by atomic mass is 10.2. The molecule has 0 unspecified atom stereocenters. The summed E-state index contributed by atoms with van der Waals surface area (Å²) >= 11 is 17.6. The summed E-state index contributed by atoms with van der Waals surface area (Å²) in [5, 5.41) is 6.48. The van der Waals surface area contributed by atoms with E-state index in [1.165, 1.54) is 0 Å².